The second-order valence-corrected chi connectivity index (χ2v) is 8.27. The molecule has 1 N–H and O–H groups in total. The van der Waals surface area contributed by atoms with Gasteiger partial charge in [-0.15, -0.1) is 0 Å². The highest BCUT2D eigenvalue weighted by Crippen LogP contribution is 2.43. The van der Waals surface area contributed by atoms with E-state index in [4.69, 9.17) is 4.42 Å². The van der Waals surface area contributed by atoms with Gasteiger partial charge in [-0.25, -0.2) is 0 Å². The molecule has 2 aromatic carbocycles. The van der Waals surface area contributed by atoms with E-state index in [1.807, 2.05) is 36.4 Å². The fourth-order valence-corrected chi connectivity index (χ4v) is 5.06. The average Bonchev–Trinajstić information content (AvgIpc) is 3.38. The zero-order chi connectivity index (χ0) is 20.6. The van der Waals surface area contributed by atoms with E-state index >= 15 is 0 Å². The molecule has 0 bridgehead atoms. The van der Waals surface area contributed by atoms with Crippen molar-refractivity contribution in [2.24, 2.45) is 0 Å². The number of likely N-dealkylation sites (N-methyl/N-ethyl adjacent to an activating group) is 1. The first kappa shape index (κ1) is 17.3. The van der Waals surface area contributed by atoms with Crippen LogP contribution in [-0.2, 0) is 16.0 Å². The van der Waals surface area contributed by atoms with Gasteiger partial charge in [-0.05, 0) is 42.3 Å². The number of H-pyrrole nitrogens is 1. The molecule has 1 saturated heterocycles. The highest BCUT2D eigenvalue weighted by molar-refractivity contribution is 5.99. The summed E-state index contributed by atoms with van der Waals surface area (Å²) in [5.74, 6) is -0.0314. The number of benzene rings is 2. The summed E-state index contributed by atoms with van der Waals surface area (Å²) in [5, 5.41) is 2.09. The molecule has 30 heavy (non-hydrogen) atoms. The summed E-state index contributed by atoms with van der Waals surface area (Å²) >= 11 is 0. The van der Waals surface area contributed by atoms with Crippen LogP contribution < -0.4 is 0 Å². The number of nitrogens with one attached hydrogen (secondary N) is 1. The van der Waals surface area contributed by atoms with E-state index in [0.717, 1.165) is 38.7 Å². The van der Waals surface area contributed by atoms with Crippen LogP contribution in [0.15, 0.2) is 59.2 Å². The van der Waals surface area contributed by atoms with Crippen LogP contribution >= 0.6 is 0 Å². The van der Waals surface area contributed by atoms with Crippen molar-refractivity contribution in [3.05, 3.63) is 71.6 Å². The summed E-state index contributed by atoms with van der Waals surface area (Å²) < 4.78 is 5.50. The zero-order valence-corrected chi connectivity index (χ0v) is 16.8. The first-order valence-corrected chi connectivity index (χ1v) is 10.2. The molecule has 0 unspecified atom stereocenters. The summed E-state index contributed by atoms with van der Waals surface area (Å²) in [6.45, 7) is 1.80. The van der Waals surface area contributed by atoms with Crippen LogP contribution in [0.4, 0.5) is 0 Å². The SMILES string of the molecule is C[C@H]1C(=O)N2[C@H](c3ccc4occc4c3)c3[nH]c4ccccc4c3C[C@@H]2C(=O)N1C. The van der Waals surface area contributed by atoms with Gasteiger partial charge in [-0.2, -0.15) is 0 Å². The Labute approximate surface area is 173 Å². The van der Waals surface area contributed by atoms with Crippen molar-refractivity contribution in [2.45, 2.75) is 31.5 Å². The number of para-hydroxylation sites is 1. The standard InChI is InChI=1S/C24H21N3O3/c1-13-23(28)27-19(24(29)26(13)2)12-17-16-5-3-4-6-18(16)25-21(17)22(27)15-7-8-20-14(11-15)9-10-30-20/h3-11,13,19,22,25H,12H2,1-2H3/t13-,19+,22+/m0/s1. The Morgan fingerprint density at radius 2 is 1.90 bits per heavy atom. The largest absolute Gasteiger partial charge is 0.464 e. The fraction of sp³-hybridized carbons (Fsp3) is 0.250. The number of carbonyl (C=O) groups is 2. The molecule has 4 aromatic rings. The summed E-state index contributed by atoms with van der Waals surface area (Å²) in [6, 6.07) is 14.7. The first-order valence-electron chi connectivity index (χ1n) is 10.2. The van der Waals surface area contributed by atoms with E-state index in [9.17, 15) is 9.59 Å². The zero-order valence-electron chi connectivity index (χ0n) is 16.8. The molecule has 0 aliphatic carbocycles. The number of nitrogens with zero attached hydrogens (tertiary/aromatic N) is 2. The van der Waals surface area contributed by atoms with Crippen molar-refractivity contribution in [3.63, 3.8) is 0 Å². The molecule has 2 aromatic heterocycles. The molecule has 0 spiro atoms. The quantitative estimate of drug-likeness (QED) is 0.532. The van der Waals surface area contributed by atoms with E-state index in [-0.39, 0.29) is 17.9 Å². The van der Waals surface area contributed by atoms with Crippen LogP contribution in [0.5, 0.6) is 0 Å². The van der Waals surface area contributed by atoms with Crippen molar-refractivity contribution in [1.29, 1.82) is 0 Å². The second-order valence-electron chi connectivity index (χ2n) is 8.27. The summed E-state index contributed by atoms with van der Waals surface area (Å²) in [5.41, 5.74) is 4.91. The summed E-state index contributed by atoms with van der Waals surface area (Å²) in [6.07, 6.45) is 2.19. The van der Waals surface area contributed by atoms with E-state index in [0.29, 0.717) is 6.42 Å². The lowest BCUT2D eigenvalue weighted by molar-refractivity contribution is -0.162. The van der Waals surface area contributed by atoms with Gasteiger partial charge in [0.2, 0.25) is 11.8 Å². The average molecular weight is 399 g/mol. The lowest BCUT2D eigenvalue weighted by Crippen LogP contribution is -2.65. The van der Waals surface area contributed by atoms with Gasteiger partial charge in [0.25, 0.3) is 0 Å². The second kappa shape index (κ2) is 5.98. The monoisotopic (exact) mass is 399 g/mol. The molecule has 6 nitrogen and oxygen atoms in total. The minimum atomic E-state index is -0.504. The Morgan fingerprint density at radius 3 is 2.77 bits per heavy atom. The Balaban J connectivity index is 1.63. The Morgan fingerprint density at radius 1 is 1.07 bits per heavy atom. The normalized spacial score (nSPS) is 23.9. The maximum Gasteiger partial charge on any atom is 0.246 e. The van der Waals surface area contributed by atoms with E-state index < -0.39 is 12.1 Å². The molecule has 150 valence electrons. The van der Waals surface area contributed by atoms with Crippen LogP contribution in [0.25, 0.3) is 21.9 Å². The molecule has 2 aliphatic rings. The van der Waals surface area contributed by atoms with Gasteiger partial charge >= 0.3 is 0 Å². The van der Waals surface area contributed by atoms with E-state index in [2.05, 4.69) is 17.1 Å². The van der Waals surface area contributed by atoms with Gasteiger partial charge in [0.15, 0.2) is 0 Å². The maximum absolute atomic E-state index is 13.4. The minimum Gasteiger partial charge on any atom is -0.464 e. The summed E-state index contributed by atoms with van der Waals surface area (Å²) in [4.78, 5) is 33.6. The Kier molecular flexibility index (Phi) is 3.46. The molecule has 6 rings (SSSR count). The molecule has 2 amide bonds. The number of aromatic amines is 1. The molecule has 2 aliphatic heterocycles. The number of rotatable bonds is 1. The van der Waals surface area contributed by atoms with Crippen LogP contribution in [0.1, 0.15) is 29.8 Å². The highest BCUT2D eigenvalue weighted by Gasteiger charge is 2.50. The molecule has 4 heterocycles. The van der Waals surface area contributed by atoms with E-state index in [1.165, 1.54) is 0 Å². The number of piperazine rings is 1. The van der Waals surface area contributed by atoms with Crippen LogP contribution in [0.2, 0.25) is 0 Å². The first-order chi connectivity index (χ1) is 14.5. The van der Waals surface area contributed by atoms with Gasteiger partial charge in [-0.1, -0.05) is 24.3 Å². The van der Waals surface area contributed by atoms with Gasteiger partial charge in [0.05, 0.1) is 12.3 Å². The number of carbonyl (C=O) groups excluding carboxylic acids is 2. The third-order valence-corrected chi connectivity index (χ3v) is 6.75. The molecule has 6 heteroatoms. The van der Waals surface area contributed by atoms with Crippen molar-refractivity contribution >= 4 is 33.7 Å². The van der Waals surface area contributed by atoms with Crippen LogP contribution in [-0.4, -0.2) is 45.7 Å². The molecule has 1 fully saturated rings. The van der Waals surface area contributed by atoms with Crippen molar-refractivity contribution in [2.75, 3.05) is 7.05 Å². The lowest BCUT2D eigenvalue weighted by atomic mass is 9.85. The third kappa shape index (κ3) is 2.19. The molecule has 0 saturated carbocycles. The maximum atomic E-state index is 13.4. The van der Waals surface area contributed by atoms with E-state index in [1.54, 1.807) is 30.0 Å². The highest BCUT2D eigenvalue weighted by atomic mass is 16.3. The summed E-state index contributed by atoms with van der Waals surface area (Å²) in [7, 11) is 1.72. The molecule has 0 radical (unpaired) electrons. The topological polar surface area (TPSA) is 69.5 Å². The smallest absolute Gasteiger partial charge is 0.246 e. The molecular weight excluding hydrogens is 378 g/mol. The number of fused-ring (bicyclic) bond motifs is 5. The number of aromatic nitrogens is 1. The van der Waals surface area contributed by atoms with Crippen molar-refractivity contribution in [3.8, 4) is 0 Å². The molecule has 3 atom stereocenters. The number of hydrogen-bond acceptors (Lipinski definition) is 3. The predicted molar refractivity (Wildman–Crippen MR) is 113 cm³/mol. The van der Waals surface area contributed by atoms with Gasteiger partial charge in [0.1, 0.15) is 17.7 Å². The Hall–Kier alpha value is -3.54. The van der Waals surface area contributed by atoms with Crippen molar-refractivity contribution < 1.29 is 14.0 Å². The van der Waals surface area contributed by atoms with Gasteiger partial charge in [0, 0.05) is 35.5 Å². The molecular formula is C24H21N3O3. The van der Waals surface area contributed by atoms with Gasteiger partial charge < -0.3 is 19.2 Å². The number of hydrogen-bond donors (Lipinski definition) is 1. The number of amides is 2. The third-order valence-electron chi connectivity index (χ3n) is 6.75. The van der Waals surface area contributed by atoms with Crippen molar-refractivity contribution in [1.82, 2.24) is 14.8 Å². The lowest BCUT2D eigenvalue weighted by Gasteiger charge is -2.48. The van der Waals surface area contributed by atoms with Gasteiger partial charge in [-0.3, -0.25) is 9.59 Å². The number of furan rings is 1. The predicted octanol–water partition coefficient (Wildman–Crippen LogP) is 3.62. The Bertz CT molecular complexity index is 1330. The fourth-order valence-electron chi connectivity index (χ4n) is 5.06. The minimum absolute atomic E-state index is 0.00702. The van der Waals surface area contributed by atoms with Crippen LogP contribution in [0.3, 0.4) is 0 Å². The van der Waals surface area contributed by atoms with Crippen LogP contribution in [0, 0.1) is 0 Å².